The van der Waals surface area contributed by atoms with Gasteiger partial charge in [0.05, 0.1) is 24.6 Å². The number of nitrogens with zero attached hydrogens (tertiary/aromatic N) is 1. The van der Waals surface area contributed by atoms with E-state index >= 15 is 0 Å². The van der Waals surface area contributed by atoms with Gasteiger partial charge in [-0.15, -0.1) is 0 Å². The van der Waals surface area contributed by atoms with Crippen molar-refractivity contribution in [1.29, 1.82) is 0 Å². The Hall–Kier alpha value is -3.41. The van der Waals surface area contributed by atoms with E-state index in [2.05, 4.69) is 5.32 Å². The summed E-state index contributed by atoms with van der Waals surface area (Å²) in [5.74, 6) is -2.06. The minimum absolute atomic E-state index is 0.0863. The number of hydrogen-bond donors (Lipinski definition) is 1. The van der Waals surface area contributed by atoms with E-state index in [-0.39, 0.29) is 24.5 Å². The number of carbonyl (C=O) groups excluding carboxylic acids is 3. The number of ether oxygens (including phenoxy) is 1. The van der Waals surface area contributed by atoms with Gasteiger partial charge in [-0.05, 0) is 31.5 Å². The smallest absolute Gasteiger partial charge is 0.336 e. The fraction of sp³-hybridized carbons (Fsp3) is 0.261. The average Bonchev–Trinajstić information content (AvgIpc) is 2.72. The zero-order valence-electron chi connectivity index (χ0n) is 16.6. The molecule has 0 unspecified atom stereocenters. The maximum atomic E-state index is 12.9. The van der Waals surface area contributed by atoms with Crippen LogP contribution in [0.15, 0.2) is 71.9 Å². The van der Waals surface area contributed by atoms with E-state index in [1.807, 2.05) is 36.4 Å². The van der Waals surface area contributed by atoms with Gasteiger partial charge < -0.3 is 15.0 Å². The lowest BCUT2D eigenvalue weighted by atomic mass is 9.88. The summed E-state index contributed by atoms with van der Waals surface area (Å²) < 4.78 is 5.20. The molecule has 1 aliphatic rings. The van der Waals surface area contributed by atoms with Crippen LogP contribution in [0.4, 0.5) is 5.69 Å². The number of esters is 1. The molecule has 1 N–H and O–H groups in total. The van der Waals surface area contributed by atoms with E-state index in [9.17, 15) is 14.4 Å². The highest BCUT2D eigenvalue weighted by Crippen LogP contribution is 2.32. The predicted molar refractivity (Wildman–Crippen MR) is 110 cm³/mol. The summed E-state index contributed by atoms with van der Waals surface area (Å²) in [5.41, 5.74) is 2.24. The highest BCUT2D eigenvalue weighted by Gasteiger charge is 2.39. The molecular weight excluding hydrogens is 368 g/mol. The number of rotatable bonds is 6. The fourth-order valence-electron chi connectivity index (χ4n) is 3.42. The molecule has 6 heteroatoms. The van der Waals surface area contributed by atoms with Crippen LogP contribution in [0.1, 0.15) is 25.8 Å². The van der Waals surface area contributed by atoms with Gasteiger partial charge in [-0.3, -0.25) is 9.59 Å². The number of anilines is 1. The topological polar surface area (TPSA) is 75.7 Å². The lowest BCUT2D eigenvalue weighted by Crippen LogP contribution is -2.42. The Balaban J connectivity index is 1.93. The van der Waals surface area contributed by atoms with Gasteiger partial charge in [0.15, 0.2) is 0 Å². The Morgan fingerprint density at radius 3 is 2.31 bits per heavy atom. The summed E-state index contributed by atoms with van der Waals surface area (Å²) in [5, 5.41) is 2.79. The fourth-order valence-corrected chi connectivity index (χ4v) is 3.42. The van der Waals surface area contributed by atoms with Gasteiger partial charge in [0, 0.05) is 17.8 Å². The molecule has 1 aliphatic heterocycles. The molecule has 0 radical (unpaired) electrons. The summed E-state index contributed by atoms with van der Waals surface area (Å²) in [6.07, 6.45) is -0.0863. The molecule has 0 bridgehead atoms. The van der Waals surface area contributed by atoms with Gasteiger partial charge in [-0.1, -0.05) is 48.5 Å². The summed E-state index contributed by atoms with van der Waals surface area (Å²) in [4.78, 5) is 40.0. The molecule has 2 aromatic carbocycles. The van der Waals surface area contributed by atoms with E-state index in [4.69, 9.17) is 4.74 Å². The number of benzene rings is 2. The minimum Gasteiger partial charge on any atom is -0.463 e. The second kappa shape index (κ2) is 9.19. The van der Waals surface area contributed by atoms with Crippen LogP contribution < -0.4 is 5.32 Å². The molecule has 0 aromatic heterocycles. The Morgan fingerprint density at radius 1 is 1.07 bits per heavy atom. The van der Waals surface area contributed by atoms with Gasteiger partial charge in [0.25, 0.3) is 0 Å². The molecule has 1 atom stereocenters. The van der Waals surface area contributed by atoms with Crippen molar-refractivity contribution in [3.05, 3.63) is 77.5 Å². The Labute approximate surface area is 170 Å². The van der Waals surface area contributed by atoms with Crippen LogP contribution in [0.2, 0.25) is 0 Å². The van der Waals surface area contributed by atoms with Gasteiger partial charge in [0.2, 0.25) is 11.8 Å². The Bertz CT molecular complexity index is 922. The SMILES string of the molecule is CCOC(=O)C1=C(C)N(Cc2ccccc2)C(=O)C[C@@H]1C(=O)Nc1ccccc1. The normalized spacial score (nSPS) is 16.6. The molecular formula is C23H24N2O4. The van der Waals surface area contributed by atoms with E-state index in [0.29, 0.717) is 17.9 Å². The Kier molecular flexibility index (Phi) is 6.44. The molecule has 6 nitrogen and oxygen atoms in total. The Morgan fingerprint density at radius 2 is 1.69 bits per heavy atom. The predicted octanol–water partition coefficient (Wildman–Crippen LogP) is 3.51. The molecule has 3 rings (SSSR count). The molecule has 2 amide bonds. The van der Waals surface area contributed by atoms with Gasteiger partial charge >= 0.3 is 5.97 Å². The van der Waals surface area contributed by atoms with Crippen molar-refractivity contribution in [1.82, 2.24) is 4.90 Å². The first-order valence-corrected chi connectivity index (χ1v) is 9.59. The van der Waals surface area contributed by atoms with Crippen LogP contribution in [-0.2, 0) is 25.7 Å². The molecule has 0 spiro atoms. The summed E-state index contributed by atoms with van der Waals surface area (Å²) in [6.45, 7) is 3.92. The lowest BCUT2D eigenvalue weighted by Gasteiger charge is -2.33. The zero-order chi connectivity index (χ0) is 20.8. The number of hydrogen-bond acceptors (Lipinski definition) is 4. The largest absolute Gasteiger partial charge is 0.463 e. The molecule has 0 saturated heterocycles. The molecule has 1 heterocycles. The third-order valence-electron chi connectivity index (χ3n) is 4.86. The third kappa shape index (κ3) is 4.71. The van der Waals surface area contributed by atoms with Gasteiger partial charge in [0.1, 0.15) is 0 Å². The number of allylic oxidation sites excluding steroid dienone is 1. The van der Waals surface area contributed by atoms with E-state index in [0.717, 1.165) is 5.56 Å². The second-order valence-electron chi connectivity index (χ2n) is 6.80. The van der Waals surface area contributed by atoms with Crippen LogP contribution >= 0.6 is 0 Å². The van der Waals surface area contributed by atoms with Crippen LogP contribution in [0.25, 0.3) is 0 Å². The molecule has 2 aromatic rings. The summed E-state index contributed by atoms with van der Waals surface area (Å²) >= 11 is 0. The zero-order valence-corrected chi connectivity index (χ0v) is 16.6. The number of carbonyl (C=O) groups is 3. The monoisotopic (exact) mass is 392 g/mol. The maximum Gasteiger partial charge on any atom is 0.336 e. The van der Waals surface area contributed by atoms with E-state index in [1.165, 1.54) is 0 Å². The lowest BCUT2D eigenvalue weighted by molar-refractivity contribution is -0.142. The summed E-state index contributed by atoms with van der Waals surface area (Å²) in [7, 11) is 0. The number of amides is 2. The standard InChI is InChI=1S/C23H24N2O4/c1-3-29-23(28)21-16(2)25(15-17-10-6-4-7-11-17)20(26)14-19(21)22(27)24-18-12-8-5-9-13-18/h4-13,19H,3,14-15H2,1-2H3,(H,24,27)/t19-/m0/s1. The quantitative estimate of drug-likeness (QED) is 0.764. The first-order valence-electron chi connectivity index (χ1n) is 9.59. The molecule has 29 heavy (non-hydrogen) atoms. The number of nitrogens with one attached hydrogen (secondary N) is 1. The van der Waals surface area contributed by atoms with Crippen molar-refractivity contribution in [2.75, 3.05) is 11.9 Å². The maximum absolute atomic E-state index is 12.9. The van der Waals surface area contributed by atoms with Crippen molar-refractivity contribution < 1.29 is 19.1 Å². The first kappa shape index (κ1) is 20.3. The van der Waals surface area contributed by atoms with Crippen molar-refractivity contribution in [3.8, 4) is 0 Å². The van der Waals surface area contributed by atoms with Gasteiger partial charge in [-0.2, -0.15) is 0 Å². The third-order valence-corrected chi connectivity index (χ3v) is 4.86. The molecule has 0 fully saturated rings. The molecule has 150 valence electrons. The van der Waals surface area contributed by atoms with Gasteiger partial charge in [-0.25, -0.2) is 4.79 Å². The number of para-hydroxylation sites is 1. The van der Waals surface area contributed by atoms with E-state index in [1.54, 1.807) is 43.0 Å². The van der Waals surface area contributed by atoms with Crippen LogP contribution in [0.5, 0.6) is 0 Å². The molecule has 0 saturated carbocycles. The first-order chi connectivity index (χ1) is 14.0. The minimum atomic E-state index is -0.895. The van der Waals surface area contributed by atoms with Crippen LogP contribution in [0.3, 0.4) is 0 Å². The van der Waals surface area contributed by atoms with Crippen LogP contribution in [0, 0.1) is 5.92 Å². The highest BCUT2D eigenvalue weighted by molar-refractivity contribution is 6.06. The highest BCUT2D eigenvalue weighted by atomic mass is 16.5. The average molecular weight is 392 g/mol. The molecule has 0 aliphatic carbocycles. The van der Waals surface area contributed by atoms with Crippen LogP contribution in [-0.4, -0.2) is 29.3 Å². The van der Waals surface area contributed by atoms with E-state index < -0.39 is 17.8 Å². The van der Waals surface area contributed by atoms with Crippen molar-refractivity contribution in [3.63, 3.8) is 0 Å². The summed E-state index contributed by atoms with van der Waals surface area (Å²) in [6, 6.07) is 18.5. The second-order valence-corrected chi connectivity index (χ2v) is 6.80. The van der Waals surface area contributed by atoms with Crippen molar-refractivity contribution in [2.24, 2.45) is 5.92 Å². The van der Waals surface area contributed by atoms with Crippen molar-refractivity contribution in [2.45, 2.75) is 26.8 Å². The van der Waals surface area contributed by atoms with Crippen molar-refractivity contribution >= 4 is 23.5 Å².